The van der Waals surface area contributed by atoms with E-state index in [9.17, 15) is 0 Å². The summed E-state index contributed by atoms with van der Waals surface area (Å²) in [4.78, 5) is 5.40. The van der Waals surface area contributed by atoms with Crippen molar-refractivity contribution < 1.29 is 0 Å². The van der Waals surface area contributed by atoms with Crippen molar-refractivity contribution in [3.05, 3.63) is 203 Å². The van der Waals surface area contributed by atoms with Gasteiger partial charge in [-0.05, 0) is 111 Å². The average Bonchev–Trinajstić information content (AvgIpc) is 3.77. The van der Waals surface area contributed by atoms with Crippen molar-refractivity contribution in [3.8, 4) is 22.3 Å². The zero-order valence-corrected chi connectivity index (χ0v) is 28.9. The first-order chi connectivity index (χ1) is 25.7. The van der Waals surface area contributed by atoms with Crippen LogP contribution in [0, 0.1) is 0 Å². The molecule has 0 saturated heterocycles. The second kappa shape index (κ2) is 12.4. The third-order valence-corrected chi connectivity index (χ3v) is 10.9. The van der Waals surface area contributed by atoms with E-state index in [1.165, 1.54) is 71.9 Å². The number of hydrogen-bond donors (Lipinski definition) is 1. The Balaban J connectivity index is 1.06. The van der Waals surface area contributed by atoms with Gasteiger partial charge in [-0.3, -0.25) is 4.99 Å². The van der Waals surface area contributed by atoms with Crippen molar-refractivity contribution in [3.63, 3.8) is 0 Å². The molecule has 7 aromatic rings. The second-order valence-electron chi connectivity index (χ2n) is 14.0. The first-order valence-corrected chi connectivity index (χ1v) is 18.2. The van der Waals surface area contributed by atoms with Gasteiger partial charge in [-0.2, -0.15) is 0 Å². The van der Waals surface area contributed by atoms with Crippen LogP contribution < -0.4 is 5.32 Å². The zero-order valence-electron chi connectivity index (χ0n) is 28.9. The molecule has 0 bridgehead atoms. The molecule has 1 N–H and O–H groups in total. The molecule has 248 valence electrons. The van der Waals surface area contributed by atoms with Crippen LogP contribution in [-0.2, 0) is 19.4 Å². The largest absolute Gasteiger partial charge is 0.340 e. The number of hydrogen-bond acceptors (Lipinski definition) is 1. The third-order valence-electron chi connectivity index (χ3n) is 10.9. The molecule has 0 unspecified atom stereocenters. The Labute approximate surface area is 304 Å². The van der Waals surface area contributed by atoms with Crippen molar-refractivity contribution in [1.82, 2.24) is 9.88 Å². The number of aliphatic imine (C=N–C) groups is 1. The summed E-state index contributed by atoms with van der Waals surface area (Å²) >= 11 is 0. The lowest BCUT2D eigenvalue weighted by atomic mass is 10.0. The molecule has 0 amide bonds. The summed E-state index contributed by atoms with van der Waals surface area (Å²) in [6, 6.07) is 46.3. The molecule has 6 aromatic carbocycles. The van der Waals surface area contributed by atoms with Gasteiger partial charge in [-0.15, -0.1) is 0 Å². The molecule has 3 heteroatoms. The van der Waals surface area contributed by atoms with Crippen molar-refractivity contribution in [2.75, 3.05) is 0 Å². The van der Waals surface area contributed by atoms with Gasteiger partial charge in [0.15, 0.2) is 0 Å². The van der Waals surface area contributed by atoms with E-state index >= 15 is 0 Å². The van der Waals surface area contributed by atoms with Crippen LogP contribution in [0.15, 0.2) is 169 Å². The fraction of sp³-hybridized carbons (Fsp3) is 0.0816. The first kappa shape index (κ1) is 30.4. The summed E-state index contributed by atoms with van der Waals surface area (Å²) in [7, 11) is 0. The number of para-hydroxylation sites is 1. The van der Waals surface area contributed by atoms with Gasteiger partial charge >= 0.3 is 0 Å². The van der Waals surface area contributed by atoms with Gasteiger partial charge in [-0.25, -0.2) is 0 Å². The van der Waals surface area contributed by atoms with Gasteiger partial charge in [0.05, 0.1) is 17.6 Å². The summed E-state index contributed by atoms with van der Waals surface area (Å²) in [5.41, 5.74) is 18.4. The van der Waals surface area contributed by atoms with E-state index in [0.29, 0.717) is 6.54 Å². The van der Waals surface area contributed by atoms with Gasteiger partial charge in [0.1, 0.15) is 5.84 Å². The smallest absolute Gasteiger partial charge is 0.133 e. The molecular formula is C49H37N3. The SMILES string of the molecule is C=C(NC(=NCc1cccc2c1c1ccccc1n2C1=CC=CCC=C1)c1ccc2c(c1)Cc1ccccc1-2)c1ccc2c(c1)-c1ccccc1C2. The molecule has 0 atom stereocenters. The van der Waals surface area contributed by atoms with Crippen LogP contribution >= 0.6 is 0 Å². The molecule has 0 saturated carbocycles. The number of allylic oxidation sites excluding steroid dienone is 6. The Morgan fingerprint density at radius 3 is 2.23 bits per heavy atom. The number of amidine groups is 1. The van der Waals surface area contributed by atoms with Gasteiger partial charge in [0.2, 0.25) is 0 Å². The van der Waals surface area contributed by atoms with Gasteiger partial charge in [0.25, 0.3) is 0 Å². The van der Waals surface area contributed by atoms with Crippen LogP contribution in [0.1, 0.15) is 45.4 Å². The van der Waals surface area contributed by atoms with Crippen LogP contribution in [0.3, 0.4) is 0 Å². The predicted molar refractivity (Wildman–Crippen MR) is 218 cm³/mol. The van der Waals surface area contributed by atoms with E-state index in [1.54, 1.807) is 0 Å². The van der Waals surface area contributed by atoms with Crippen LogP contribution in [-0.4, -0.2) is 10.4 Å². The van der Waals surface area contributed by atoms with Crippen molar-refractivity contribution in [2.24, 2.45) is 4.99 Å². The maximum absolute atomic E-state index is 5.40. The lowest BCUT2D eigenvalue weighted by Crippen LogP contribution is -2.23. The van der Waals surface area contributed by atoms with Crippen LogP contribution in [0.2, 0.25) is 0 Å². The molecule has 10 rings (SSSR count). The highest BCUT2D eigenvalue weighted by Gasteiger charge is 2.22. The number of fused-ring (bicyclic) bond motifs is 9. The minimum Gasteiger partial charge on any atom is -0.340 e. The van der Waals surface area contributed by atoms with E-state index in [-0.39, 0.29) is 0 Å². The number of nitrogens with zero attached hydrogens (tertiary/aromatic N) is 2. The predicted octanol–water partition coefficient (Wildman–Crippen LogP) is 11.5. The quantitative estimate of drug-likeness (QED) is 0.139. The van der Waals surface area contributed by atoms with Crippen molar-refractivity contribution in [1.29, 1.82) is 0 Å². The summed E-state index contributed by atoms with van der Waals surface area (Å²) < 4.78 is 2.38. The molecule has 0 fully saturated rings. The number of nitrogens with one attached hydrogen (secondary N) is 1. The lowest BCUT2D eigenvalue weighted by molar-refractivity contribution is 1.06. The fourth-order valence-electron chi connectivity index (χ4n) is 8.41. The standard InChI is InChI=1S/C49H37N3/c1-32(33-23-24-36-27-34-13-7-9-19-42(34)45(36)30-33)51-49(37-25-26-43-39(29-37)28-35-14-6-8-18-41(35)43)50-31-38-15-12-22-47-48(38)44-20-10-11-21-46(44)52(47)40-16-4-2-3-5-17-40/h2,4-26,29-30H,1,3,27-28,31H2,(H,50,51). The summed E-state index contributed by atoms with van der Waals surface area (Å²) in [6.45, 7) is 5.09. The zero-order chi connectivity index (χ0) is 34.6. The highest BCUT2D eigenvalue weighted by atomic mass is 15.0. The van der Waals surface area contributed by atoms with Crippen LogP contribution in [0.4, 0.5) is 0 Å². The van der Waals surface area contributed by atoms with Crippen LogP contribution in [0.5, 0.6) is 0 Å². The number of benzene rings is 6. The van der Waals surface area contributed by atoms with E-state index in [2.05, 4.69) is 174 Å². The average molecular weight is 668 g/mol. The minimum absolute atomic E-state index is 0.518. The topological polar surface area (TPSA) is 29.3 Å². The van der Waals surface area contributed by atoms with Crippen molar-refractivity contribution >= 4 is 39.0 Å². The first-order valence-electron chi connectivity index (χ1n) is 18.2. The Morgan fingerprint density at radius 2 is 1.35 bits per heavy atom. The molecule has 0 radical (unpaired) electrons. The highest BCUT2D eigenvalue weighted by molar-refractivity contribution is 6.12. The second-order valence-corrected chi connectivity index (χ2v) is 14.0. The maximum atomic E-state index is 5.40. The Morgan fingerprint density at radius 1 is 0.635 bits per heavy atom. The summed E-state index contributed by atoms with van der Waals surface area (Å²) in [6.07, 6.45) is 13.8. The number of aromatic nitrogens is 1. The Bertz CT molecular complexity index is 2730. The molecule has 3 aliphatic rings. The van der Waals surface area contributed by atoms with Gasteiger partial charge in [0, 0.05) is 27.7 Å². The molecular weight excluding hydrogens is 631 g/mol. The Kier molecular flexibility index (Phi) is 7.24. The highest BCUT2D eigenvalue weighted by Crippen LogP contribution is 2.39. The third kappa shape index (κ3) is 5.08. The molecule has 1 aromatic heterocycles. The molecule has 0 spiro atoms. The molecule has 1 heterocycles. The van der Waals surface area contributed by atoms with Gasteiger partial charge in [-0.1, -0.05) is 128 Å². The minimum atomic E-state index is 0.518. The summed E-state index contributed by atoms with van der Waals surface area (Å²) in [5.74, 6) is 0.824. The van der Waals surface area contributed by atoms with E-state index in [1.807, 2.05) is 0 Å². The molecule has 52 heavy (non-hydrogen) atoms. The molecule has 0 aliphatic heterocycles. The maximum Gasteiger partial charge on any atom is 0.133 e. The van der Waals surface area contributed by atoms with E-state index in [0.717, 1.165) is 47.6 Å². The van der Waals surface area contributed by atoms with E-state index in [4.69, 9.17) is 4.99 Å². The number of rotatable bonds is 6. The molecule has 3 aliphatic carbocycles. The summed E-state index contributed by atoms with van der Waals surface area (Å²) in [5, 5.41) is 6.20. The van der Waals surface area contributed by atoms with Gasteiger partial charge < -0.3 is 9.88 Å². The van der Waals surface area contributed by atoms with E-state index < -0.39 is 0 Å². The monoisotopic (exact) mass is 667 g/mol. The van der Waals surface area contributed by atoms with Crippen molar-refractivity contribution in [2.45, 2.75) is 25.8 Å². The normalized spacial score (nSPS) is 14.2. The molecule has 3 nitrogen and oxygen atoms in total. The Hall–Kier alpha value is -6.45. The fourth-order valence-corrected chi connectivity index (χ4v) is 8.41. The van der Waals surface area contributed by atoms with Crippen LogP contribution in [0.25, 0.3) is 55.5 Å². The lowest BCUT2D eigenvalue weighted by Gasteiger charge is -2.16.